The second-order valence-electron chi connectivity index (χ2n) is 5.55. The highest BCUT2D eigenvalue weighted by atomic mass is 16.5. The van der Waals surface area contributed by atoms with Crippen molar-refractivity contribution in [2.24, 2.45) is 5.92 Å². The molecule has 2 fully saturated rings. The van der Waals surface area contributed by atoms with E-state index in [1.54, 1.807) is 0 Å². The zero-order valence-corrected chi connectivity index (χ0v) is 10.7. The van der Waals surface area contributed by atoms with Gasteiger partial charge in [-0.3, -0.25) is 0 Å². The van der Waals surface area contributed by atoms with Gasteiger partial charge >= 0.3 is 0 Å². The minimum atomic E-state index is 0.698. The average Bonchev–Trinajstić information content (AvgIpc) is 3.01. The summed E-state index contributed by atoms with van der Waals surface area (Å²) in [4.78, 5) is 2.43. The van der Waals surface area contributed by atoms with Crippen LogP contribution in [0.4, 0.5) is 0 Å². The zero-order valence-electron chi connectivity index (χ0n) is 10.7. The van der Waals surface area contributed by atoms with Gasteiger partial charge in [-0.2, -0.15) is 0 Å². The van der Waals surface area contributed by atoms with Crippen molar-refractivity contribution < 1.29 is 4.74 Å². The average molecular weight is 226 g/mol. The van der Waals surface area contributed by atoms with Crippen molar-refractivity contribution in [2.45, 2.75) is 44.7 Å². The fourth-order valence-electron chi connectivity index (χ4n) is 2.36. The number of hydrogen-bond donors (Lipinski definition) is 1. The molecule has 2 aliphatic rings. The standard InChI is InChI=1S/C13H26N2O/c1-11-8-13(9-15(11)2)14-6-3-7-16-10-12-4-5-12/h11-14H,3-10H2,1-2H3. The highest BCUT2D eigenvalue weighted by molar-refractivity contribution is 4.84. The number of likely N-dealkylation sites (N-methyl/N-ethyl adjacent to an activating group) is 1. The Labute approximate surface area is 99.5 Å². The normalized spacial score (nSPS) is 31.1. The molecule has 0 aromatic carbocycles. The van der Waals surface area contributed by atoms with E-state index in [0.29, 0.717) is 6.04 Å². The summed E-state index contributed by atoms with van der Waals surface area (Å²) >= 11 is 0. The summed E-state index contributed by atoms with van der Waals surface area (Å²) < 4.78 is 5.61. The van der Waals surface area contributed by atoms with Crippen LogP contribution in [0.25, 0.3) is 0 Å². The third-order valence-electron chi connectivity index (χ3n) is 3.84. The van der Waals surface area contributed by atoms with Gasteiger partial charge in [0.05, 0.1) is 0 Å². The van der Waals surface area contributed by atoms with Gasteiger partial charge in [0.1, 0.15) is 0 Å². The lowest BCUT2D eigenvalue weighted by Crippen LogP contribution is -2.32. The molecule has 0 radical (unpaired) electrons. The molecular weight excluding hydrogens is 200 g/mol. The SMILES string of the molecule is CC1CC(NCCCOCC2CC2)CN1C. The minimum Gasteiger partial charge on any atom is -0.381 e. The fourth-order valence-corrected chi connectivity index (χ4v) is 2.36. The quantitative estimate of drug-likeness (QED) is 0.666. The molecule has 0 aromatic heterocycles. The third kappa shape index (κ3) is 4.04. The summed E-state index contributed by atoms with van der Waals surface area (Å²) in [7, 11) is 2.21. The lowest BCUT2D eigenvalue weighted by Gasteiger charge is -2.13. The first kappa shape index (κ1) is 12.3. The second kappa shape index (κ2) is 5.99. The zero-order chi connectivity index (χ0) is 11.4. The Hall–Kier alpha value is -0.120. The largest absolute Gasteiger partial charge is 0.381 e. The molecule has 0 amide bonds. The van der Waals surface area contributed by atoms with Crippen LogP contribution in [-0.4, -0.2) is 50.3 Å². The molecule has 2 unspecified atom stereocenters. The van der Waals surface area contributed by atoms with Crippen molar-refractivity contribution in [1.29, 1.82) is 0 Å². The van der Waals surface area contributed by atoms with Gasteiger partial charge in [-0.1, -0.05) is 0 Å². The molecule has 2 atom stereocenters. The number of nitrogens with zero attached hydrogens (tertiary/aromatic N) is 1. The van der Waals surface area contributed by atoms with Crippen LogP contribution in [0.5, 0.6) is 0 Å². The smallest absolute Gasteiger partial charge is 0.0494 e. The maximum Gasteiger partial charge on any atom is 0.0494 e. The van der Waals surface area contributed by atoms with E-state index in [-0.39, 0.29) is 0 Å². The van der Waals surface area contributed by atoms with Crippen LogP contribution in [0.1, 0.15) is 32.6 Å². The van der Waals surface area contributed by atoms with E-state index in [1.165, 1.54) is 25.8 Å². The van der Waals surface area contributed by atoms with Gasteiger partial charge in [0, 0.05) is 31.8 Å². The van der Waals surface area contributed by atoms with Gasteiger partial charge in [-0.25, -0.2) is 0 Å². The highest BCUT2D eigenvalue weighted by Crippen LogP contribution is 2.28. The number of nitrogens with one attached hydrogen (secondary N) is 1. The van der Waals surface area contributed by atoms with Crippen molar-refractivity contribution in [3.63, 3.8) is 0 Å². The Balaban J connectivity index is 1.42. The second-order valence-corrected chi connectivity index (χ2v) is 5.55. The minimum absolute atomic E-state index is 0.698. The fraction of sp³-hybridized carbons (Fsp3) is 1.00. The van der Waals surface area contributed by atoms with E-state index in [4.69, 9.17) is 4.74 Å². The van der Waals surface area contributed by atoms with Gasteiger partial charge in [0.25, 0.3) is 0 Å². The van der Waals surface area contributed by atoms with E-state index in [2.05, 4.69) is 24.2 Å². The summed E-state index contributed by atoms with van der Waals surface area (Å²) in [5, 5.41) is 3.62. The molecule has 1 saturated carbocycles. The van der Waals surface area contributed by atoms with Crippen molar-refractivity contribution in [3.8, 4) is 0 Å². The first-order chi connectivity index (χ1) is 7.75. The topological polar surface area (TPSA) is 24.5 Å². The summed E-state index contributed by atoms with van der Waals surface area (Å²) in [6, 6.07) is 1.44. The van der Waals surface area contributed by atoms with Crippen molar-refractivity contribution >= 4 is 0 Å². The van der Waals surface area contributed by atoms with Crippen molar-refractivity contribution in [3.05, 3.63) is 0 Å². The van der Waals surface area contributed by atoms with Crippen LogP contribution >= 0.6 is 0 Å². The van der Waals surface area contributed by atoms with Crippen LogP contribution < -0.4 is 5.32 Å². The molecule has 1 aliphatic carbocycles. The molecule has 94 valence electrons. The van der Waals surface area contributed by atoms with Crippen molar-refractivity contribution in [2.75, 3.05) is 33.4 Å². The summed E-state index contributed by atoms with van der Waals surface area (Å²) in [6.45, 7) is 6.55. The molecule has 3 heteroatoms. The first-order valence-electron chi connectivity index (χ1n) is 6.77. The Morgan fingerprint density at radius 2 is 2.19 bits per heavy atom. The maximum absolute atomic E-state index is 5.61. The van der Waals surface area contributed by atoms with E-state index < -0.39 is 0 Å². The van der Waals surface area contributed by atoms with E-state index in [0.717, 1.165) is 38.1 Å². The predicted octanol–water partition coefficient (Wildman–Crippen LogP) is 1.49. The molecule has 1 aliphatic heterocycles. The number of hydrogen-bond acceptors (Lipinski definition) is 3. The lowest BCUT2D eigenvalue weighted by atomic mass is 10.2. The molecule has 1 saturated heterocycles. The van der Waals surface area contributed by atoms with E-state index in [9.17, 15) is 0 Å². The molecule has 0 aromatic rings. The molecule has 2 rings (SSSR count). The summed E-state index contributed by atoms with van der Waals surface area (Å²) in [5.41, 5.74) is 0. The highest BCUT2D eigenvalue weighted by Gasteiger charge is 2.25. The summed E-state index contributed by atoms with van der Waals surface area (Å²) in [6.07, 6.45) is 5.23. The molecule has 1 N–H and O–H groups in total. The van der Waals surface area contributed by atoms with Crippen molar-refractivity contribution in [1.82, 2.24) is 10.2 Å². The molecule has 3 nitrogen and oxygen atoms in total. The van der Waals surface area contributed by atoms with Gasteiger partial charge in [-0.15, -0.1) is 0 Å². The number of rotatable bonds is 7. The Morgan fingerprint density at radius 1 is 1.38 bits per heavy atom. The first-order valence-corrected chi connectivity index (χ1v) is 6.77. The van der Waals surface area contributed by atoms with Crippen LogP contribution in [0, 0.1) is 5.92 Å². The van der Waals surface area contributed by atoms with Crippen LogP contribution in [0.15, 0.2) is 0 Å². The Kier molecular flexibility index (Phi) is 4.62. The van der Waals surface area contributed by atoms with E-state index in [1.807, 2.05) is 0 Å². The van der Waals surface area contributed by atoms with Gasteiger partial charge < -0.3 is 15.0 Å². The van der Waals surface area contributed by atoms with Gasteiger partial charge in [-0.05, 0) is 52.1 Å². The maximum atomic E-state index is 5.61. The third-order valence-corrected chi connectivity index (χ3v) is 3.84. The predicted molar refractivity (Wildman–Crippen MR) is 66.7 cm³/mol. The lowest BCUT2D eigenvalue weighted by molar-refractivity contribution is 0.121. The number of likely N-dealkylation sites (tertiary alicyclic amines) is 1. The molecule has 0 spiro atoms. The van der Waals surface area contributed by atoms with Gasteiger partial charge in [0.2, 0.25) is 0 Å². The molecule has 1 heterocycles. The monoisotopic (exact) mass is 226 g/mol. The van der Waals surface area contributed by atoms with E-state index >= 15 is 0 Å². The Bertz CT molecular complexity index is 196. The molecule has 16 heavy (non-hydrogen) atoms. The summed E-state index contributed by atoms with van der Waals surface area (Å²) in [5.74, 6) is 0.900. The molecular formula is C13H26N2O. The number of ether oxygens (including phenoxy) is 1. The van der Waals surface area contributed by atoms with Gasteiger partial charge in [0.15, 0.2) is 0 Å². The van der Waals surface area contributed by atoms with Crippen LogP contribution in [0.2, 0.25) is 0 Å². The van der Waals surface area contributed by atoms with Crippen LogP contribution in [0.3, 0.4) is 0 Å². The van der Waals surface area contributed by atoms with Crippen LogP contribution in [-0.2, 0) is 4.74 Å². The molecule has 0 bridgehead atoms. The Morgan fingerprint density at radius 3 is 2.81 bits per heavy atom.